The first-order chi connectivity index (χ1) is 25.2. The van der Waals surface area contributed by atoms with Crippen LogP contribution >= 0.6 is 0 Å². The molecule has 12 heteroatoms. The van der Waals surface area contributed by atoms with E-state index < -0.39 is 18.1 Å². The number of aliphatic hydroxyl groups excluding tert-OH is 1. The number of nitrogens with one attached hydrogen (secondary N) is 1. The van der Waals surface area contributed by atoms with Crippen LogP contribution in [0, 0.1) is 11.3 Å². The maximum atomic E-state index is 14.1. The summed E-state index contributed by atoms with van der Waals surface area (Å²) < 4.78 is 8.39. The van der Waals surface area contributed by atoms with Gasteiger partial charge in [-0.3, -0.25) is 9.59 Å². The highest BCUT2D eigenvalue weighted by atomic mass is 16.5. The van der Waals surface area contributed by atoms with Crippen molar-refractivity contribution in [3.8, 4) is 17.0 Å². The molecular weight excluding hydrogens is 658 g/mol. The number of fused-ring (bicyclic) bond motifs is 1. The number of benzene rings is 1. The number of phenolic OH excluding ortho intramolecular Hbond substituents is 1. The minimum absolute atomic E-state index is 0.0821. The smallest absolute Gasteiger partial charge is 0.243 e. The Bertz CT molecular complexity index is 1980. The highest BCUT2D eigenvalue weighted by Crippen LogP contribution is 2.58. The number of carbonyl (C=O) groups is 2. The second kappa shape index (κ2) is 12.9. The number of β-amino-alcohol motifs (C(OH)–C–C–N with tert-alkyl or cyclic N) is 1. The number of nitrogens with zero attached hydrogens (tertiary/aromatic N) is 6. The van der Waals surface area contributed by atoms with Gasteiger partial charge in [0.25, 0.3) is 0 Å². The third kappa shape index (κ3) is 5.74. The van der Waals surface area contributed by atoms with Crippen molar-refractivity contribution < 1.29 is 24.3 Å². The maximum Gasteiger partial charge on any atom is 0.243 e. The highest BCUT2D eigenvalue weighted by molar-refractivity contribution is 5.91. The molecule has 4 aromatic rings. The van der Waals surface area contributed by atoms with E-state index in [1.54, 1.807) is 11.0 Å². The van der Waals surface area contributed by atoms with Gasteiger partial charge in [-0.15, -0.1) is 10.2 Å². The molecule has 1 spiro atoms. The first-order valence-electron chi connectivity index (χ1n) is 19.3. The van der Waals surface area contributed by atoms with Gasteiger partial charge < -0.3 is 34.4 Å². The molecule has 5 heterocycles. The first-order valence-corrected chi connectivity index (χ1v) is 19.3. The number of para-hydroxylation sites is 1. The Kier molecular flexibility index (Phi) is 8.28. The Hall–Kier alpha value is -4.45. The number of carbonyl (C=O) groups excluding carboxylic acids is 2. The van der Waals surface area contributed by atoms with Gasteiger partial charge in [0.2, 0.25) is 11.8 Å². The Labute approximate surface area is 303 Å². The van der Waals surface area contributed by atoms with Crippen LogP contribution in [0.1, 0.15) is 107 Å². The van der Waals surface area contributed by atoms with Crippen LogP contribution in [0.15, 0.2) is 47.0 Å². The molecule has 12 nitrogen and oxygen atoms in total. The zero-order valence-electron chi connectivity index (χ0n) is 30.1. The van der Waals surface area contributed by atoms with E-state index in [1.807, 2.05) is 38.1 Å². The van der Waals surface area contributed by atoms with E-state index >= 15 is 0 Å². The number of rotatable bonds is 9. The average Bonchev–Trinajstić information content (AvgIpc) is 3.87. The fourth-order valence-electron chi connectivity index (χ4n) is 9.77. The van der Waals surface area contributed by atoms with Gasteiger partial charge in [-0.2, -0.15) is 0 Å². The molecule has 0 bridgehead atoms. The summed E-state index contributed by atoms with van der Waals surface area (Å²) in [4.78, 5) is 31.1. The fourth-order valence-corrected chi connectivity index (χ4v) is 9.77. The molecule has 1 unspecified atom stereocenters. The number of amides is 2. The number of hydrogen-bond donors (Lipinski definition) is 3. The van der Waals surface area contributed by atoms with Crippen molar-refractivity contribution in [2.45, 2.75) is 114 Å². The largest absolute Gasteiger partial charge is 0.507 e. The lowest BCUT2D eigenvalue weighted by Crippen LogP contribution is -2.62. The van der Waals surface area contributed by atoms with Crippen LogP contribution in [-0.4, -0.2) is 84.7 Å². The minimum atomic E-state index is -0.728. The highest BCUT2D eigenvalue weighted by Gasteiger charge is 2.54. The summed E-state index contributed by atoms with van der Waals surface area (Å²) in [6, 6.07) is 13.5. The number of aromatic nitrogens is 4. The van der Waals surface area contributed by atoms with E-state index in [0.717, 1.165) is 81.3 Å². The van der Waals surface area contributed by atoms with E-state index in [4.69, 9.17) is 4.52 Å². The number of likely N-dealkylation sites (tertiary alicyclic amines) is 1. The maximum absolute atomic E-state index is 14.1. The van der Waals surface area contributed by atoms with Crippen LogP contribution in [-0.2, 0) is 9.59 Å². The van der Waals surface area contributed by atoms with Crippen molar-refractivity contribution in [1.29, 1.82) is 0 Å². The summed E-state index contributed by atoms with van der Waals surface area (Å²) in [6.07, 6.45) is 9.40. The zero-order valence-corrected chi connectivity index (χ0v) is 30.1. The second-order valence-corrected chi connectivity index (χ2v) is 16.7. The molecule has 3 aliphatic carbocycles. The van der Waals surface area contributed by atoms with E-state index in [0.29, 0.717) is 29.0 Å². The lowest BCUT2D eigenvalue weighted by molar-refractivity contribution is -0.141. The summed E-state index contributed by atoms with van der Waals surface area (Å²) in [5, 5.41) is 37.7. The Morgan fingerprint density at radius 1 is 1.00 bits per heavy atom. The molecule has 0 radical (unpaired) electrons. The predicted octanol–water partition coefficient (Wildman–Crippen LogP) is 5.66. The van der Waals surface area contributed by atoms with Crippen molar-refractivity contribution in [2.24, 2.45) is 11.3 Å². The summed E-state index contributed by atoms with van der Waals surface area (Å²) in [6.45, 7) is 5.89. The summed E-state index contributed by atoms with van der Waals surface area (Å²) in [7, 11) is 0. The number of aliphatic hydroxyl groups is 1. The number of anilines is 1. The standard InChI is InChI=1S/C40H49N7O5/c1-23(2)37(39(51)46-20-27(48)14-33(46)38(50)41-25-8-3-4-9-25)35-17-36(44-52-35)45-21-40(22-45)18-24(19-40)31-16-30-32(47(31)26-10-7-11-26)15-29(42-43-30)28-12-5-6-13-34(28)49/h5-6,12-13,15-17,23-27,33,37,48-49H,3-4,7-11,14,18-22H2,1-2H3,(H,41,50)/t27-,33+,37?/m1/s1. The van der Waals surface area contributed by atoms with Gasteiger partial charge in [0.15, 0.2) is 11.6 Å². The topological polar surface area (TPSA) is 150 Å². The molecule has 3 saturated carbocycles. The zero-order chi connectivity index (χ0) is 35.7. The van der Waals surface area contributed by atoms with Gasteiger partial charge in [0.1, 0.15) is 23.2 Å². The monoisotopic (exact) mass is 707 g/mol. The molecule has 5 fully saturated rings. The number of aromatic hydroxyl groups is 1. The van der Waals surface area contributed by atoms with Crippen molar-refractivity contribution in [3.63, 3.8) is 0 Å². The SMILES string of the molecule is CC(C)C(C(=O)N1C[C@H](O)C[C@H]1C(=O)NC1CCCC1)c1cc(N2CC3(CC(c4cc5nnc(-c6ccccc6O)cc5n4C4CCC4)C3)C2)no1. The fraction of sp³-hybridized carbons (Fsp3) is 0.575. The lowest BCUT2D eigenvalue weighted by Gasteiger charge is -2.59. The minimum Gasteiger partial charge on any atom is -0.507 e. The molecule has 2 amide bonds. The van der Waals surface area contributed by atoms with Gasteiger partial charge >= 0.3 is 0 Å². The second-order valence-electron chi connectivity index (χ2n) is 16.7. The van der Waals surface area contributed by atoms with E-state index in [9.17, 15) is 19.8 Å². The Morgan fingerprint density at radius 3 is 2.48 bits per heavy atom. The molecule has 3 atom stereocenters. The molecule has 2 aliphatic heterocycles. The van der Waals surface area contributed by atoms with Crippen LogP contribution in [0.3, 0.4) is 0 Å². The molecule has 3 aromatic heterocycles. The number of phenols is 1. The molecule has 52 heavy (non-hydrogen) atoms. The molecule has 3 N–H and O–H groups in total. The van der Waals surface area contributed by atoms with Crippen LogP contribution in [0.5, 0.6) is 5.75 Å². The van der Waals surface area contributed by atoms with Gasteiger partial charge in [-0.25, -0.2) is 0 Å². The normalized spacial score (nSPS) is 24.0. The molecular formula is C40H49N7O5. The third-order valence-electron chi connectivity index (χ3n) is 12.7. The molecule has 9 rings (SSSR count). The summed E-state index contributed by atoms with van der Waals surface area (Å²) in [5.74, 6) is 0.861. The summed E-state index contributed by atoms with van der Waals surface area (Å²) in [5.41, 5.74) is 4.95. The molecule has 1 aromatic carbocycles. The van der Waals surface area contributed by atoms with Gasteiger partial charge in [0.05, 0.1) is 17.3 Å². The van der Waals surface area contributed by atoms with Gasteiger partial charge in [-0.1, -0.05) is 44.0 Å². The molecule has 2 saturated heterocycles. The van der Waals surface area contributed by atoms with Crippen molar-refractivity contribution in [1.82, 2.24) is 30.1 Å². The number of hydrogen-bond acceptors (Lipinski definition) is 9. The molecule has 5 aliphatic rings. The predicted molar refractivity (Wildman–Crippen MR) is 195 cm³/mol. The van der Waals surface area contributed by atoms with Crippen LogP contribution < -0.4 is 10.2 Å². The Morgan fingerprint density at radius 2 is 1.77 bits per heavy atom. The van der Waals surface area contributed by atoms with Gasteiger partial charge in [-0.05, 0) is 75.1 Å². The van der Waals surface area contributed by atoms with Crippen molar-refractivity contribution in [3.05, 3.63) is 53.9 Å². The summed E-state index contributed by atoms with van der Waals surface area (Å²) >= 11 is 0. The average molecular weight is 708 g/mol. The first kappa shape index (κ1) is 33.4. The molecule has 274 valence electrons. The van der Waals surface area contributed by atoms with E-state index in [-0.39, 0.29) is 47.9 Å². The van der Waals surface area contributed by atoms with Crippen molar-refractivity contribution >= 4 is 28.7 Å². The van der Waals surface area contributed by atoms with E-state index in [2.05, 4.69) is 42.3 Å². The van der Waals surface area contributed by atoms with Crippen LogP contribution in [0.25, 0.3) is 22.3 Å². The quantitative estimate of drug-likeness (QED) is 0.200. The van der Waals surface area contributed by atoms with Crippen LogP contribution in [0.4, 0.5) is 5.82 Å². The third-order valence-corrected chi connectivity index (χ3v) is 12.7. The lowest BCUT2D eigenvalue weighted by atomic mass is 9.57. The van der Waals surface area contributed by atoms with Gasteiger partial charge in [0, 0.05) is 66.8 Å². The van der Waals surface area contributed by atoms with Crippen LogP contribution in [0.2, 0.25) is 0 Å². The van der Waals surface area contributed by atoms with E-state index in [1.165, 1.54) is 12.1 Å². The Balaban J connectivity index is 0.876. The van der Waals surface area contributed by atoms with Crippen molar-refractivity contribution in [2.75, 3.05) is 24.5 Å².